The highest BCUT2D eigenvalue weighted by molar-refractivity contribution is 7.89. The number of nitro groups is 1. The average Bonchev–Trinajstić information content (AvgIpc) is 2.63. The number of anilines is 1. The highest BCUT2D eigenvalue weighted by Crippen LogP contribution is 2.27. The fourth-order valence-electron chi connectivity index (χ4n) is 3.04. The average molecular weight is 376 g/mol. The third-order valence-corrected chi connectivity index (χ3v) is 6.50. The molecule has 0 radical (unpaired) electrons. The molecule has 0 spiro atoms. The zero-order valence-corrected chi connectivity index (χ0v) is 15.4. The van der Waals surface area contributed by atoms with Crippen LogP contribution in [0.5, 0.6) is 0 Å². The fourth-order valence-corrected chi connectivity index (χ4v) is 4.77. The van der Waals surface area contributed by atoms with Crippen LogP contribution in [0.4, 0.5) is 11.5 Å². The summed E-state index contributed by atoms with van der Waals surface area (Å²) in [7, 11) is -3.59. The molecule has 9 heteroatoms. The maximum absolute atomic E-state index is 13.0. The van der Waals surface area contributed by atoms with Gasteiger partial charge in [0.1, 0.15) is 0 Å². The largest absolute Gasteiger partial charge is 0.348 e. The number of hydrogen-bond donors (Lipinski definition) is 0. The van der Waals surface area contributed by atoms with Gasteiger partial charge in [0.05, 0.1) is 9.82 Å². The van der Waals surface area contributed by atoms with E-state index >= 15 is 0 Å². The summed E-state index contributed by atoms with van der Waals surface area (Å²) in [5, 5.41) is 11.2. The first-order valence-electron chi connectivity index (χ1n) is 8.22. The van der Waals surface area contributed by atoms with Crippen molar-refractivity contribution in [3.63, 3.8) is 0 Å². The summed E-state index contributed by atoms with van der Waals surface area (Å²) in [5.41, 5.74) is 1.52. The Morgan fingerprint density at radius 3 is 2.46 bits per heavy atom. The molecule has 0 unspecified atom stereocenters. The van der Waals surface area contributed by atoms with E-state index in [1.54, 1.807) is 24.0 Å². The van der Waals surface area contributed by atoms with Crippen LogP contribution in [0.1, 0.15) is 11.1 Å². The van der Waals surface area contributed by atoms with Crippen molar-refractivity contribution in [3.05, 3.63) is 57.8 Å². The summed E-state index contributed by atoms with van der Waals surface area (Å²) in [4.78, 5) is 16.9. The predicted octanol–water partition coefficient (Wildman–Crippen LogP) is 2.12. The zero-order chi connectivity index (χ0) is 18.9. The molecular weight excluding hydrogens is 356 g/mol. The summed E-state index contributed by atoms with van der Waals surface area (Å²) in [6, 6.07) is 8.28. The maximum atomic E-state index is 13.0. The Morgan fingerprint density at radius 2 is 1.81 bits per heavy atom. The van der Waals surface area contributed by atoms with Crippen LogP contribution in [0.15, 0.2) is 41.4 Å². The van der Waals surface area contributed by atoms with Gasteiger partial charge >= 0.3 is 5.69 Å². The molecule has 138 valence electrons. The molecule has 0 N–H and O–H groups in total. The first-order chi connectivity index (χ1) is 12.3. The minimum atomic E-state index is -3.59. The lowest BCUT2D eigenvalue weighted by Crippen LogP contribution is -2.49. The zero-order valence-electron chi connectivity index (χ0n) is 14.6. The summed E-state index contributed by atoms with van der Waals surface area (Å²) in [6.45, 7) is 4.84. The highest BCUT2D eigenvalue weighted by atomic mass is 32.2. The number of aryl methyl sites for hydroxylation is 2. The second-order valence-electron chi connectivity index (χ2n) is 6.26. The molecule has 1 fully saturated rings. The lowest BCUT2D eigenvalue weighted by molar-refractivity contribution is -0.384. The lowest BCUT2D eigenvalue weighted by Gasteiger charge is -2.34. The molecule has 1 aromatic heterocycles. The van der Waals surface area contributed by atoms with E-state index in [-0.39, 0.29) is 24.6 Å². The number of aromatic nitrogens is 1. The second-order valence-corrected chi connectivity index (χ2v) is 8.17. The minimum Gasteiger partial charge on any atom is -0.348 e. The molecular formula is C17H20N4O4S. The van der Waals surface area contributed by atoms with Gasteiger partial charge in [-0.15, -0.1) is 0 Å². The molecule has 26 heavy (non-hydrogen) atoms. The van der Waals surface area contributed by atoms with Crippen LogP contribution in [0.2, 0.25) is 0 Å². The Balaban J connectivity index is 1.81. The minimum absolute atomic E-state index is 0.0710. The first-order valence-corrected chi connectivity index (χ1v) is 9.66. The van der Waals surface area contributed by atoms with Crippen molar-refractivity contribution in [1.82, 2.24) is 9.29 Å². The van der Waals surface area contributed by atoms with Crippen molar-refractivity contribution in [1.29, 1.82) is 0 Å². The Bertz CT molecular complexity index is 938. The van der Waals surface area contributed by atoms with Crippen molar-refractivity contribution in [2.24, 2.45) is 0 Å². The highest BCUT2D eigenvalue weighted by Gasteiger charge is 2.31. The van der Waals surface area contributed by atoms with Gasteiger partial charge in [-0.1, -0.05) is 12.1 Å². The van der Waals surface area contributed by atoms with Crippen LogP contribution in [0.25, 0.3) is 0 Å². The van der Waals surface area contributed by atoms with Gasteiger partial charge in [0.15, 0.2) is 0 Å². The number of rotatable bonds is 4. The SMILES string of the molecule is Cc1ccc(C)c(S(=O)(=O)N2CCN(c3ncccc3[N+](=O)[O-])CC2)c1. The van der Waals surface area contributed by atoms with Gasteiger partial charge in [-0.2, -0.15) is 4.31 Å². The molecule has 0 amide bonds. The van der Waals surface area contributed by atoms with Crippen molar-refractivity contribution < 1.29 is 13.3 Å². The van der Waals surface area contributed by atoms with Crippen molar-refractivity contribution in [3.8, 4) is 0 Å². The summed E-state index contributed by atoms with van der Waals surface area (Å²) < 4.78 is 27.4. The quantitative estimate of drug-likeness (QED) is 0.599. The van der Waals surface area contributed by atoms with Crippen LogP contribution in [0.3, 0.4) is 0 Å². The number of nitrogens with zero attached hydrogens (tertiary/aromatic N) is 4. The van der Waals surface area contributed by atoms with Crippen molar-refractivity contribution >= 4 is 21.5 Å². The van der Waals surface area contributed by atoms with E-state index in [0.717, 1.165) is 5.56 Å². The predicted molar refractivity (Wildman–Crippen MR) is 97.8 cm³/mol. The summed E-state index contributed by atoms with van der Waals surface area (Å²) in [5.74, 6) is 0.279. The van der Waals surface area contributed by atoms with Crippen molar-refractivity contribution in [2.75, 3.05) is 31.1 Å². The van der Waals surface area contributed by atoms with Gasteiger partial charge in [0, 0.05) is 38.4 Å². The molecule has 2 aromatic rings. The Hall–Kier alpha value is -2.52. The Kier molecular flexibility index (Phi) is 4.92. The molecule has 1 aliphatic heterocycles. The van der Waals surface area contributed by atoms with E-state index in [1.165, 1.54) is 22.6 Å². The van der Waals surface area contributed by atoms with Crippen LogP contribution in [0, 0.1) is 24.0 Å². The lowest BCUT2D eigenvalue weighted by atomic mass is 10.2. The molecule has 2 heterocycles. The van der Waals surface area contributed by atoms with E-state index in [2.05, 4.69) is 4.98 Å². The molecule has 0 aliphatic carbocycles. The molecule has 1 aromatic carbocycles. The van der Waals surface area contributed by atoms with E-state index in [1.807, 2.05) is 13.0 Å². The molecule has 1 saturated heterocycles. The normalized spacial score (nSPS) is 15.8. The Morgan fingerprint density at radius 1 is 1.12 bits per heavy atom. The van der Waals surface area contributed by atoms with Crippen LogP contribution in [-0.4, -0.2) is 48.8 Å². The number of benzene rings is 1. The van der Waals surface area contributed by atoms with Crippen LogP contribution >= 0.6 is 0 Å². The van der Waals surface area contributed by atoms with Gasteiger partial charge in [0.2, 0.25) is 15.8 Å². The summed E-state index contributed by atoms with van der Waals surface area (Å²) >= 11 is 0. The third kappa shape index (κ3) is 3.40. The molecule has 0 atom stereocenters. The second kappa shape index (κ2) is 7.00. The smallest absolute Gasteiger partial charge is 0.311 e. The molecule has 3 rings (SSSR count). The van der Waals surface area contributed by atoms with Gasteiger partial charge in [-0.25, -0.2) is 13.4 Å². The van der Waals surface area contributed by atoms with Gasteiger partial charge < -0.3 is 4.90 Å². The number of pyridine rings is 1. The monoisotopic (exact) mass is 376 g/mol. The first kappa shape index (κ1) is 18.3. The van der Waals surface area contributed by atoms with Gasteiger partial charge in [0.25, 0.3) is 0 Å². The number of piperazine rings is 1. The molecule has 0 bridgehead atoms. The maximum Gasteiger partial charge on any atom is 0.311 e. The molecule has 1 aliphatic rings. The third-order valence-electron chi connectivity index (χ3n) is 4.46. The fraction of sp³-hybridized carbons (Fsp3) is 0.353. The van der Waals surface area contributed by atoms with E-state index in [0.29, 0.717) is 23.5 Å². The van der Waals surface area contributed by atoms with E-state index < -0.39 is 14.9 Å². The van der Waals surface area contributed by atoms with E-state index in [9.17, 15) is 18.5 Å². The topological polar surface area (TPSA) is 96.7 Å². The summed E-state index contributed by atoms with van der Waals surface area (Å²) in [6.07, 6.45) is 1.50. The number of hydrogen-bond acceptors (Lipinski definition) is 6. The number of sulfonamides is 1. The van der Waals surface area contributed by atoms with E-state index in [4.69, 9.17) is 0 Å². The van der Waals surface area contributed by atoms with Crippen molar-refractivity contribution in [2.45, 2.75) is 18.7 Å². The van der Waals surface area contributed by atoms with Crippen LogP contribution < -0.4 is 4.90 Å². The molecule has 8 nitrogen and oxygen atoms in total. The molecule has 0 saturated carbocycles. The standard InChI is InChI=1S/C17H20N4O4S/c1-13-5-6-14(2)16(12-13)26(24,25)20-10-8-19(9-11-20)17-15(21(22)23)4-3-7-18-17/h3-7,12H,8-11H2,1-2H3. The van der Waals surface area contributed by atoms with Gasteiger partial charge in [-0.05, 0) is 37.1 Å². The van der Waals surface area contributed by atoms with Crippen LogP contribution in [-0.2, 0) is 10.0 Å². The Labute approximate surface area is 152 Å². The van der Waals surface area contributed by atoms with Gasteiger partial charge in [-0.3, -0.25) is 10.1 Å².